The van der Waals surface area contributed by atoms with Crippen LogP contribution in [0.3, 0.4) is 0 Å². The number of aromatic nitrogens is 5. The predicted octanol–water partition coefficient (Wildman–Crippen LogP) is 1.82. The summed E-state index contributed by atoms with van der Waals surface area (Å²) in [4.78, 5) is 18.6. The number of nitrogens with one attached hydrogen (secondary N) is 1. The van der Waals surface area contributed by atoms with E-state index in [2.05, 4.69) is 25.4 Å². The van der Waals surface area contributed by atoms with Crippen LogP contribution in [0.4, 0.5) is 0 Å². The molecule has 0 radical (unpaired) electrons. The van der Waals surface area contributed by atoms with Crippen molar-refractivity contribution in [2.75, 3.05) is 39.5 Å². The van der Waals surface area contributed by atoms with Crippen molar-refractivity contribution >= 4 is 10.9 Å². The number of benzene rings is 1. The lowest BCUT2D eigenvalue weighted by Crippen LogP contribution is -2.42. The number of H-pyrrole nitrogens is 1. The average Bonchev–Trinajstić information content (AvgIpc) is 3.51. The molecule has 3 aliphatic rings. The smallest absolute Gasteiger partial charge is 0.253 e. The second kappa shape index (κ2) is 8.18. The van der Waals surface area contributed by atoms with Gasteiger partial charge in [0.25, 0.3) is 5.56 Å². The summed E-state index contributed by atoms with van der Waals surface area (Å²) in [7, 11) is 0. The van der Waals surface area contributed by atoms with Gasteiger partial charge in [-0.2, -0.15) is 0 Å². The van der Waals surface area contributed by atoms with E-state index in [0.717, 1.165) is 29.6 Å². The van der Waals surface area contributed by atoms with Crippen LogP contribution in [0.2, 0.25) is 0 Å². The average molecular weight is 438 g/mol. The molecule has 2 aliphatic heterocycles. The summed E-state index contributed by atoms with van der Waals surface area (Å²) in [6.45, 7) is 3.67. The van der Waals surface area contributed by atoms with Gasteiger partial charge in [-0.3, -0.25) is 9.69 Å². The number of nitrogens with zero attached hydrogens (tertiary/aromatic N) is 5. The minimum atomic E-state index is -0.351. The predicted molar refractivity (Wildman–Crippen MR) is 115 cm³/mol. The van der Waals surface area contributed by atoms with E-state index in [1.54, 1.807) is 0 Å². The minimum absolute atomic E-state index is 0.147. The zero-order chi connectivity index (χ0) is 21.5. The molecule has 1 saturated carbocycles. The fraction of sp³-hybridized carbons (Fsp3) is 0.545. The van der Waals surface area contributed by atoms with Crippen molar-refractivity contribution in [3.8, 4) is 11.5 Å². The van der Waals surface area contributed by atoms with Crippen LogP contribution < -0.4 is 15.0 Å². The lowest BCUT2D eigenvalue weighted by Gasteiger charge is -2.34. The summed E-state index contributed by atoms with van der Waals surface area (Å²) in [5.41, 5.74) is 1.20. The first-order valence-electron chi connectivity index (χ1n) is 11.3. The van der Waals surface area contributed by atoms with Crippen molar-refractivity contribution < 1.29 is 14.2 Å². The molecule has 10 nitrogen and oxygen atoms in total. The van der Waals surface area contributed by atoms with E-state index in [4.69, 9.17) is 14.2 Å². The number of rotatable bonds is 4. The van der Waals surface area contributed by atoms with Crippen LogP contribution in [0.15, 0.2) is 23.0 Å². The number of aromatic amines is 1. The molecule has 1 aliphatic carbocycles. The number of hydrogen-bond acceptors (Lipinski definition) is 8. The zero-order valence-corrected chi connectivity index (χ0v) is 17.8. The molecule has 168 valence electrons. The number of tetrazole rings is 1. The molecule has 32 heavy (non-hydrogen) atoms. The van der Waals surface area contributed by atoms with E-state index in [9.17, 15) is 4.79 Å². The van der Waals surface area contributed by atoms with Crippen molar-refractivity contribution in [3.05, 3.63) is 39.9 Å². The molecule has 1 N–H and O–H groups in total. The van der Waals surface area contributed by atoms with Gasteiger partial charge in [0.2, 0.25) is 0 Å². The van der Waals surface area contributed by atoms with Gasteiger partial charge in [-0.1, -0.05) is 12.8 Å². The summed E-state index contributed by atoms with van der Waals surface area (Å²) in [6.07, 6.45) is 4.47. The van der Waals surface area contributed by atoms with Gasteiger partial charge in [0.15, 0.2) is 17.3 Å². The zero-order valence-electron chi connectivity index (χ0n) is 17.8. The fourth-order valence-electron chi connectivity index (χ4n) is 5.09. The normalized spacial score (nSPS) is 20.6. The number of morpholine rings is 1. The van der Waals surface area contributed by atoms with Crippen LogP contribution in [0, 0.1) is 0 Å². The Labute approximate surface area is 184 Å². The van der Waals surface area contributed by atoms with Gasteiger partial charge >= 0.3 is 0 Å². The topological polar surface area (TPSA) is 107 Å². The van der Waals surface area contributed by atoms with Gasteiger partial charge in [0, 0.05) is 30.1 Å². The van der Waals surface area contributed by atoms with Gasteiger partial charge in [-0.25, -0.2) is 4.68 Å². The maximum Gasteiger partial charge on any atom is 0.253 e. The Hall–Kier alpha value is -2.98. The second-order valence-electron chi connectivity index (χ2n) is 8.61. The first-order valence-corrected chi connectivity index (χ1v) is 11.3. The Morgan fingerprint density at radius 2 is 1.75 bits per heavy atom. The molecule has 0 spiro atoms. The van der Waals surface area contributed by atoms with E-state index in [-0.39, 0.29) is 17.6 Å². The number of ether oxygens (including phenoxy) is 3. The first-order chi connectivity index (χ1) is 15.8. The van der Waals surface area contributed by atoms with Gasteiger partial charge in [0.05, 0.1) is 24.8 Å². The quantitative estimate of drug-likeness (QED) is 0.657. The molecule has 0 amide bonds. The molecule has 0 bridgehead atoms. The molecule has 6 rings (SSSR count). The van der Waals surface area contributed by atoms with Crippen LogP contribution in [-0.4, -0.2) is 69.6 Å². The first kappa shape index (κ1) is 19.7. The lowest BCUT2D eigenvalue weighted by molar-refractivity contribution is 0.0211. The van der Waals surface area contributed by atoms with Crippen molar-refractivity contribution in [1.29, 1.82) is 0 Å². The van der Waals surface area contributed by atoms with Crippen LogP contribution >= 0.6 is 0 Å². The molecule has 1 aromatic carbocycles. The summed E-state index contributed by atoms with van der Waals surface area (Å²) in [5.74, 6) is 2.07. The van der Waals surface area contributed by atoms with Crippen molar-refractivity contribution in [1.82, 2.24) is 30.1 Å². The van der Waals surface area contributed by atoms with Crippen LogP contribution in [0.1, 0.15) is 49.2 Å². The van der Waals surface area contributed by atoms with E-state index < -0.39 is 0 Å². The number of pyridine rings is 1. The second-order valence-corrected chi connectivity index (χ2v) is 8.61. The van der Waals surface area contributed by atoms with Gasteiger partial charge in [-0.05, 0) is 35.4 Å². The van der Waals surface area contributed by atoms with Crippen molar-refractivity contribution in [2.45, 2.75) is 37.8 Å². The molecule has 2 aromatic heterocycles. The van der Waals surface area contributed by atoms with E-state index >= 15 is 0 Å². The molecule has 2 fully saturated rings. The molecule has 1 saturated heterocycles. The molecule has 10 heteroatoms. The molecule has 4 heterocycles. The Morgan fingerprint density at radius 1 is 1.00 bits per heavy atom. The largest absolute Gasteiger partial charge is 0.486 e. The van der Waals surface area contributed by atoms with Crippen LogP contribution in [0.5, 0.6) is 11.5 Å². The maximum absolute atomic E-state index is 13.3. The maximum atomic E-state index is 13.3. The van der Waals surface area contributed by atoms with Crippen LogP contribution in [-0.2, 0) is 4.74 Å². The third-order valence-corrected chi connectivity index (χ3v) is 6.67. The van der Waals surface area contributed by atoms with E-state index in [1.807, 2.05) is 22.9 Å². The molecule has 1 unspecified atom stereocenters. The number of hydrogen-bond donors (Lipinski definition) is 1. The minimum Gasteiger partial charge on any atom is -0.486 e. The highest BCUT2D eigenvalue weighted by atomic mass is 16.6. The van der Waals surface area contributed by atoms with Crippen molar-refractivity contribution in [2.24, 2.45) is 0 Å². The lowest BCUT2D eigenvalue weighted by atomic mass is 10.0. The molecular formula is C22H26N6O4. The highest BCUT2D eigenvalue weighted by Gasteiger charge is 2.34. The Bertz CT molecular complexity index is 1180. The van der Waals surface area contributed by atoms with Gasteiger partial charge in [0.1, 0.15) is 19.3 Å². The SMILES string of the molecule is O=c1[nH]c2cc3c(cc2cc1C(c1nnnn1C1CCCC1)N1CCOCC1)OCCO3. The van der Waals surface area contributed by atoms with Gasteiger partial charge in [-0.15, -0.1) is 5.10 Å². The highest BCUT2D eigenvalue weighted by molar-refractivity contribution is 5.83. The summed E-state index contributed by atoms with van der Waals surface area (Å²) in [5, 5.41) is 13.7. The summed E-state index contributed by atoms with van der Waals surface area (Å²) >= 11 is 0. The molecule has 3 aromatic rings. The highest BCUT2D eigenvalue weighted by Crippen LogP contribution is 2.36. The third kappa shape index (κ3) is 3.43. The monoisotopic (exact) mass is 438 g/mol. The third-order valence-electron chi connectivity index (χ3n) is 6.67. The summed E-state index contributed by atoms with van der Waals surface area (Å²) < 4.78 is 19.0. The van der Waals surface area contributed by atoms with Crippen LogP contribution in [0.25, 0.3) is 10.9 Å². The van der Waals surface area contributed by atoms with E-state index in [0.29, 0.717) is 56.6 Å². The molecular weight excluding hydrogens is 412 g/mol. The summed E-state index contributed by atoms with van der Waals surface area (Å²) in [6, 6.07) is 5.64. The standard InChI is InChI=1S/C22H26N6O4/c29-22-16(11-14-12-18-19(13-17(14)23-22)32-10-9-31-18)20(27-5-7-30-8-6-27)21-24-25-26-28(21)15-3-1-2-4-15/h11-13,15,20H,1-10H2,(H,23,29). The van der Waals surface area contributed by atoms with E-state index in [1.165, 1.54) is 12.8 Å². The van der Waals surface area contributed by atoms with Gasteiger partial charge < -0.3 is 19.2 Å². The number of fused-ring (bicyclic) bond motifs is 2. The van der Waals surface area contributed by atoms with Crippen molar-refractivity contribution in [3.63, 3.8) is 0 Å². The Kier molecular flexibility index (Phi) is 5.03. The Balaban J connectivity index is 1.49. The Morgan fingerprint density at radius 3 is 2.53 bits per heavy atom. The molecule has 1 atom stereocenters. The fourth-order valence-corrected chi connectivity index (χ4v) is 5.09.